The molecule has 2 fully saturated rings. The summed E-state index contributed by atoms with van der Waals surface area (Å²) in [5.41, 5.74) is 1.99. The van der Waals surface area contributed by atoms with E-state index in [-0.39, 0.29) is 5.82 Å². The molecule has 21 heavy (non-hydrogen) atoms. The number of hydrogen-bond acceptors (Lipinski definition) is 2. The summed E-state index contributed by atoms with van der Waals surface area (Å²) in [5.74, 6) is 0.773. The first kappa shape index (κ1) is 14.8. The molecule has 0 radical (unpaired) electrons. The average molecular weight is 290 g/mol. The fourth-order valence-corrected chi connectivity index (χ4v) is 4.13. The van der Waals surface area contributed by atoms with E-state index in [0.29, 0.717) is 12.6 Å². The minimum Gasteiger partial charge on any atom is -0.368 e. The third-order valence-corrected chi connectivity index (χ3v) is 5.13. The number of hydrogen-bond donors (Lipinski definition) is 1. The summed E-state index contributed by atoms with van der Waals surface area (Å²) in [6.45, 7) is 4.82. The van der Waals surface area contributed by atoms with Crippen LogP contribution < -0.4 is 10.2 Å². The first-order valence-electron chi connectivity index (χ1n) is 8.56. The molecule has 2 unspecified atom stereocenters. The smallest absolute Gasteiger partial charge is 0.129 e. The highest BCUT2D eigenvalue weighted by molar-refractivity contribution is 5.55. The first-order valence-corrected chi connectivity index (χ1v) is 8.56. The van der Waals surface area contributed by atoms with Crippen LogP contribution in [0.5, 0.6) is 0 Å². The van der Waals surface area contributed by atoms with Crippen molar-refractivity contribution < 1.29 is 4.39 Å². The molecule has 0 amide bonds. The van der Waals surface area contributed by atoms with Crippen molar-refractivity contribution in [3.63, 3.8) is 0 Å². The number of nitrogens with zero attached hydrogens (tertiary/aromatic N) is 1. The van der Waals surface area contributed by atoms with Gasteiger partial charge in [0, 0.05) is 30.4 Å². The lowest BCUT2D eigenvalue weighted by molar-refractivity contribution is 0.361. The predicted octanol–water partition coefficient (Wildman–Crippen LogP) is 4.09. The molecule has 2 atom stereocenters. The third-order valence-electron chi connectivity index (χ3n) is 5.13. The van der Waals surface area contributed by atoms with Gasteiger partial charge in [-0.2, -0.15) is 0 Å². The van der Waals surface area contributed by atoms with Crippen molar-refractivity contribution in [2.45, 2.75) is 58.0 Å². The lowest BCUT2D eigenvalue weighted by Crippen LogP contribution is -2.43. The van der Waals surface area contributed by atoms with Crippen LogP contribution in [-0.4, -0.2) is 19.1 Å². The minimum atomic E-state index is -0.0591. The Morgan fingerprint density at radius 1 is 1.24 bits per heavy atom. The Balaban J connectivity index is 1.84. The van der Waals surface area contributed by atoms with E-state index in [4.69, 9.17) is 0 Å². The molecule has 1 aliphatic carbocycles. The molecule has 1 saturated carbocycles. The second-order valence-corrected chi connectivity index (χ2v) is 6.51. The monoisotopic (exact) mass is 290 g/mol. The number of benzene rings is 1. The Bertz CT molecular complexity index is 474. The molecule has 0 aromatic heterocycles. The molecule has 1 aliphatic heterocycles. The van der Waals surface area contributed by atoms with Crippen LogP contribution in [0, 0.1) is 11.7 Å². The quantitative estimate of drug-likeness (QED) is 0.822. The van der Waals surface area contributed by atoms with Crippen molar-refractivity contribution >= 4 is 5.69 Å². The maximum absolute atomic E-state index is 14.3. The fourth-order valence-electron chi connectivity index (χ4n) is 4.13. The molecule has 116 valence electrons. The Morgan fingerprint density at radius 2 is 2.10 bits per heavy atom. The molecule has 1 aromatic carbocycles. The highest BCUT2D eigenvalue weighted by atomic mass is 19.1. The lowest BCUT2D eigenvalue weighted by Gasteiger charge is -2.40. The van der Waals surface area contributed by atoms with Crippen LogP contribution in [0.3, 0.4) is 0 Å². The zero-order valence-electron chi connectivity index (χ0n) is 13.1. The Labute approximate surface area is 127 Å². The van der Waals surface area contributed by atoms with Gasteiger partial charge in [-0.25, -0.2) is 4.39 Å². The standard InChI is InChI=1S/C18H27FN2/c1-2-11-20-13-15-16(19)8-4-10-18(15)21-12-5-7-14-6-3-9-17(14)21/h4,8,10,14,17,20H,2-3,5-7,9,11-13H2,1H3. The van der Waals surface area contributed by atoms with E-state index in [1.807, 2.05) is 6.07 Å². The zero-order valence-corrected chi connectivity index (χ0v) is 13.1. The van der Waals surface area contributed by atoms with Crippen LogP contribution in [0.25, 0.3) is 0 Å². The molecule has 1 saturated heterocycles. The normalized spacial score (nSPS) is 25.1. The van der Waals surface area contributed by atoms with E-state index in [0.717, 1.165) is 36.7 Å². The number of rotatable bonds is 5. The van der Waals surface area contributed by atoms with E-state index in [9.17, 15) is 4.39 Å². The number of anilines is 1. The van der Waals surface area contributed by atoms with Gasteiger partial charge >= 0.3 is 0 Å². The first-order chi connectivity index (χ1) is 10.3. The van der Waals surface area contributed by atoms with Crippen molar-refractivity contribution in [1.29, 1.82) is 0 Å². The van der Waals surface area contributed by atoms with Gasteiger partial charge in [0.15, 0.2) is 0 Å². The molecule has 1 N–H and O–H groups in total. The molecule has 3 heteroatoms. The second-order valence-electron chi connectivity index (χ2n) is 6.51. The fraction of sp³-hybridized carbons (Fsp3) is 0.667. The maximum atomic E-state index is 14.3. The zero-order chi connectivity index (χ0) is 14.7. The Hall–Kier alpha value is -1.09. The Kier molecular flexibility index (Phi) is 4.79. The summed E-state index contributed by atoms with van der Waals surface area (Å²) < 4.78 is 14.3. The van der Waals surface area contributed by atoms with Crippen LogP contribution in [0.15, 0.2) is 18.2 Å². The highest BCUT2D eigenvalue weighted by Crippen LogP contribution is 2.40. The molecule has 0 bridgehead atoms. The highest BCUT2D eigenvalue weighted by Gasteiger charge is 2.35. The molecular formula is C18H27FN2. The number of halogens is 1. The average Bonchev–Trinajstić information content (AvgIpc) is 2.97. The minimum absolute atomic E-state index is 0.0591. The van der Waals surface area contributed by atoms with Gasteiger partial charge in [0.1, 0.15) is 5.82 Å². The van der Waals surface area contributed by atoms with E-state index >= 15 is 0 Å². The van der Waals surface area contributed by atoms with Gasteiger partial charge in [0.05, 0.1) is 0 Å². The summed E-state index contributed by atoms with van der Waals surface area (Å²) in [4.78, 5) is 2.51. The molecular weight excluding hydrogens is 263 g/mol. The van der Waals surface area contributed by atoms with Crippen LogP contribution in [0.2, 0.25) is 0 Å². The molecule has 2 nitrogen and oxygen atoms in total. The van der Waals surface area contributed by atoms with Crippen molar-refractivity contribution in [3.8, 4) is 0 Å². The topological polar surface area (TPSA) is 15.3 Å². The van der Waals surface area contributed by atoms with Gasteiger partial charge in [0.2, 0.25) is 0 Å². The van der Waals surface area contributed by atoms with E-state index in [1.165, 1.54) is 32.1 Å². The second kappa shape index (κ2) is 6.78. The molecule has 3 rings (SSSR count). The van der Waals surface area contributed by atoms with E-state index < -0.39 is 0 Å². The maximum Gasteiger partial charge on any atom is 0.129 e. The third kappa shape index (κ3) is 3.08. The number of piperidine rings is 1. The van der Waals surface area contributed by atoms with Crippen LogP contribution in [0.4, 0.5) is 10.1 Å². The van der Waals surface area contributed by atoms with Crippen LogP contribution in [-0.2, 0) is 6.54 Å². The molecule has 1 heterocycles. The summed E-state index contributed by atoms with van der Waals surface area (Å²) in [7, 11) is 0. The molecule has 0 spiro atoms. The SMILES string of the molecule is CCCNCc1c(F)cccc1N1CCCC2CCCC21. The number of nitrogens with one attached hydrogen (secondary N) is 1. The van der Waals surface area contributed by atoms with Gasteiger partial charge in [-0.05, 0) is 56.7 Å². The summed E-state index contributed by atoms with van der Waals surface area (Å²) in [6.07, 6.45) is 7.67. The van der Waals surface area contributed by atoms with Gasteiger partial charge in [-0.3, -0.25) is 0 Å². The summed E-state index contributed by atoms with van der Waals surface area (Å²) in [6, 6.07) is 6.23. The van der Waals surface area contributed by atoms with Gasteiger partial charge in [-0.1, -0.05) is 19.4 Å². The molecule has 2 aliphatic rings. The van der Waals surface area contributed by atoms with Crippen molar-refractivity contribution in [2.24, 2.45) is 5.92 Å². The summed E-state index contributed by atoms with van der Waals surface area (Å²) in [5, 5.41) is 3.36. The van der Waals surface area contributed by atoms with E-state index in [1.54, 1.807) is 6.07 Å². The molecule has 1 aromatic rings. The van der Waals surface area contributed by atoms with Crippen molar-refractivity contribution in [3.05, 3.63) is 29.6 Å². The lowest BCUT2D eigenvalue weighted by atomic mass is 9.91. The van der Waals surface area contributed by atoms with Crippen LogP contribution >= 0.6 is 0 Å². The largest absolute Gasteiger partial charge is 0.368 e. The van der Waals surface area contributed by atoms with Gasteiger partial charge in [0.25, 0.3) is 0 Å². The van der Waals surface area contributed by atoms with Gasteiger partial charge in [-0.15, -0.1) is 0 Å². The van der Waals surface area contributed by atoms with E-state index in [2.05, 4.69) is 23.2 Å². The Morgan fingerprint density at radius 3 is 2.95 bits per heavy atom. The van der Waals surface area contributed by atoms with Crippen molar-refractivity contribution in [2.75, 3.05) is 18.0 Å². The van der Waals surface area contributed by atoms with Crippen LogP contribution in [0.1, 0.15) is 51.0 Å². The van der Waals surface area contributed by atoms with Gasteiger partial charge < -0.3 is 10.2 Å². The summed E-state index contributed by atoms with van der Waals surface area (Å²) >= 11 is 0. The number of fused-ring (bicyclic) bond motifs is 1. The van der Waals surface area contributed by atoms with Crippen molar-refractivity contribution in [1.82, 2.24) is 5.32 Å². The predicted molar refractivity (Wildman–Crippen MR) is 86.1 cm³/mol.